The summed E-state index contributed by atoms with van der Waals surface area (Å²) in [5.74, 6) is 0. The molecule has 0 radical (unpaired) electrons. The Kier molecular flexibility index (Phi) is 5.83. The number of hydrogen-bond acceptors (Lipinski definition) is 3. The van der Waals surface area contributed by atoms with Crippen LogP contribution in [0.1, 0.15) is 0 Å². The molecule has 11 aromatic rings. The van der Waals surface area contributed by atoms with E-state index in [0.29, 0.717) is 0 Å². The number of rotatable bonds is 4. The standard InChI is InChI=1S/C46H28N2OS/c1-2-12-31(13-3-1)48-41-25-30-11-5-4-10-29(30)24-39(41)35-21-18-33(27-42(35)48)47(32-20-23-44-40(26-32)36-14-6-8-16-43(36)49-44)34-19-22-38-37-15-7-9-17-45(37)50-46(38)28-34/h1-28H. The molecule has 0 aliphatic heterocycles. The van der Waals surface area contributed by atoms with E-state index in [0.717, 1.165) is 44.7 Å². The molecule has 3 heterocycles. The summed E-state index contributed by atoms with van der Waals surface area (Å²) < 4.78 is 11.3. The van der Waals surface area contributed by atoms with Crippen molar-refractivity contribution in [2.45, 2.75) is 0 Å². The van der Waals surface area contributed by atoms with E-state index in [1.165, 1.54) is 52.8 Å². The lowest BCUT2D eigenvalue weighted by molar-refractivity contribution is 0.669. The Balaban J connectivity index is 1.20. The molecule has 0 saturated heterocycles. The number of furan rings is 1. The molecule has 8 aromatic carbocycles. The first-order valence-electron chi connectivity index (χ1n) is 16.9. The monoisotopic (exact) mass is 656 g/mol. The lowest BCUT2D eigenvalue weighted by Gasteiger charge is -2.26. The zero-order valence-corrected chi connectivity index (χ0v) is 27.7. The van der Waals surface area contributed by atoms with E-state index in [2.05, 4.69) is 167 Å². The Bertz CT molecular complexity index is 3110. The van der Waals surface area contributed by atoms with Gasteiger partial charge in [0.25, 0.3) is 0 Å². The number of anilines is 3. The van der Waals surface area contributed by atoms with Gasteiger partial charge in [-0.15, -0.1) is 11.3 Å². The van der Waals surface area contributed by atoms with Gasteiger partial charge in [-0.2, -0.15) is 0 Å². The molecule has 0 bridgehead atoms. The van der Waals surface area contributed by atoms with Gasteiger partial charge in [-0.3, -0.25) is 0 Å². The van der Waals surface area contributed by atoms with Gasteiger partial charge in [-0.25, -0.2) is 0 Å². The number of nitrogens with zero attached hydrogens (tertiary/aromatic N) is 2. The summed E-state index contributed by atoms with van der Waals surface area (Å²) in [6.45, 7) is 0. The van der Waals surface area contributed by atoms with Crippen molar-refractivity contribution in [3.05, 3.63) is 170 Å². The fourth-order valence-corrected chi connectivity index (χ4v) is 8.98. The van der Waals surface area contributed by atoms with E-state index in [4.69, 9.17) is 4.42 Å². The SMILES string of the molecule is c1ccc(-n2c3cc(N(c4ccc5c(c4)sc4ccccc45)c4ccc5oc6ccccc6c5c4)ccc3c3cc4ccccc4cc32)cc1. The van der Waals surface area contributed by atoms with Crippen LogP contribution in [0.3, 0.4) is 0 Å². The largest absolute Gasteiger partial charge is 0.456 e. The van der Waals surface area contributed by atoms with Crippen LogP contribution in [0.5, 0.6) is 0 Å². The Hall–Kier alpha value is -6.36. The molecule has 0 aliphatic rings. The van der Waals surface area contributed by atoms with Crippen LogP contribution in [0, 0.1) is 0 Å². The summed E-state index contributed by atoms with van der Waals surface area (Å²) in [5, 5.41) is 9.78. The number of fused-ring (bicyclic) bond motifs is 10. The zero-order valence-electron chi connectivity index (χ0n) is 26.9. The number of hydrogen-bond donors (Lipinski definition) is 0. The number of benzene rings is 8. The minimum Gasteiger partial charge on any atom is -0.456 e. The Morgan fingerprint density at radius 2 is 1.02 bits per heavy atom. The maximum Gasteiger partial charge on any atom is 0.135 e. The van der Waals surface area contributed by atoms with Crippen molar-refractivity contribution in [2.75, 3.05) is 4.90 Å². The number of para-hydroxylation sites is 2. The molecule has 4 heteroatoms. The first kappa shape index (κ1) is 27.6. The highest BCUT2D eigenvalue weighted by Gasteiger charge is 2.20. The van der Waals surface area contributed by atoms with Gasteiger partial charge < -0.3 is 13.9 Å². The molecule has 0 unspecified atom stereocenters. The highest BCUT2D eigenvalue weighted by molar-refractivity contribution is 7.25. The van der Waals surface area contributed by atoms with Crippen LogP contribution in [-0.2, 0) is 0 Å². The molecule has 0 amide bonds. The van der Waals surface area contributed by atoms with Crippen LogP contribution < -0.4 is 4.90 Å². The zero-order chi connectivity index (χ0) is 32.8. The van der Waals surface area contributed by atoms with Crippen LogP contribution in [0.25, 0.3) is 80.4 Å². The molecule has 50 heavy (non-hydrogen) atoms. The third-order valence-electron chi connectivity index (χ3n) is 10.1. The minimum absolute atomic E-state index is 0.890. The van der Waals surface area contributed by atoms with Gasteiger partial charge >= 0.3 is 0 Å². The summed E-state index contributed by atoms with van der Waals surface area (Å²) in [5.41, 5.74) is 8.59. The molecular weight excluding hydrogens is 629 g/mol. The molecule has 234 valence electrons. The van der Waals surface area contributed by atoms with Gasteiger partial charge in [0.15, 0.2) is 0 Å². The first-order chi connectivity index (χ1) is 24.8. The molecule has 0 fully saturated rings. The van der Waals surface area contributed by atoms with Gasteiger partial charge in [0, 0.05) is 64.5 Å². The van der Waals surface area contributed by atoms with E-state index < -0.39 is 0 Å². The molecule has 0 aliphatic carbocycles. The van der Waals surface area contributed by atoms with Gasteiger partial charge in [-0.1, -0.05) is 91.0 Å². The second-order valence-electron chi connectivity index (χ2n) is 13.0. The lowest BCUT2D eigenvalue weighted by atomic mass is 10.1. The van der Waals surface area contributed by atoms with Gasteiger partial charge in [0.05, 0.1) is 11.0 Å². The number of aromatic nitrogens is 1. The van der Waals surface area contributed by atoms with E-state index >= 15 is 0 Å². The van der Waals surface area contributed by atoms with Crippen LogP contribution >= 0.6 is 11.3 Å². The lowest BCUT2D eigenvalue weighted by Crippen LogP contribution is -2.10. The normalized spacial score (nSPS) is 12.0. The molecular formula is C46H28N2OS. The van der Waals surface area contributed by atoms with E-state index in [9.17, 15) is 0 Å². The molecule has 3 nitrogen and oxygen atoms in total. The second-order valence-corrected chi connectivity index (χ2v) is 14.1. The third kappa shape index (κ3) is 4.09. The van der Waals surface area contributed by atoms with E-state index in [1.807, 2.05) is 23.5 Å². The summed E-state index contributed by atoms with van der Waals surface area (Å²) in [4.78, 5) is 2.40. The highest BCUT2D eigenvalue weighted by Crippen LogP contribution is 2.44. The van der Waals surface area contributed by atoms with Crippen molar-refractivity contribution in [2.24, 2.45) is 0 Å². The van der Waals surface area contributed by atoms with Crippen molar-refractivity contribution in [3.8, 4) is 5.69 Å². The highest BCUT2D eigenvalue weighted by atomic mass is 32.1. The molecule has 0 atom stereocenters. The Morgan fingerprint density at radius 1 is 0.400 bits per heavy atom. The maximum atomic E-state index is 6.26. The second kappa shape index (κ2) is 10.6. The van der Waals surface area contributed by atoms with Crippen molar-refractivity contribution in [1.29, 1.82) is 0 Å². The summed E-state index contributed by atoms with van der Waals surface area (Å²) in [6, 6.07) is 61.5. The van der Waals surface area contributed by atoms with Crippen LogP contribution in [0.15, 0.2) is 174 Å². The fourth-order valence-electron chi connectivity index (χ4n) is 7.84. The fraction of sp³-hybridized carbons (Fsp3) is 0. The van der Waals surface area contributed by atoms with Crippen molar-refractivity contribution < 1.29 is 4.42 Å². The van der Waals surface area contributed by atoms with Crippen LogP contribution in [0.4, 0.5) is 17.1 Å². The summed E-state index contributed by atoms with van der Waals surface area (Å²) in [7, 11) is 0. The third-order valence-corrected chi connectivity index (χ3v) is 11.3. The van der Waals surface area contributed by atoms with Gasteiger partial charge in [0.2, 0.25) is 0 Å². The van der Waals surface area contributed by atoms with Crippen LogP contribution in [0.2, 0.25) is 0 Å². The van der Waals surface area contributed by atoms with E-state index in [-0.39, 0.29) is 0 Å². The molecule has 0 N–H and O–H groups in total. The van der Waals surface area contributed by atoms with Crippen molar-refractivity contribution >= 4 is 103 Å². The molecule has 3 aromatic heterocycles. The average Bonchev–Trinajstić information content (AvgIpc) is 3.83. The number of thiophene rings is 1. The van der Waals surface area contributed by atoms with Crippen molar-refractivity contribution in [1.82, 2.24) is 4.57 Å². The Morgan fingerprint density at radius 3 is 1.90 bits per heavy atom. The maximum absolute atomic E-state index is 6.26. The van der Waals surface area contributed by atoms with Crippen LogP contribution in [-0.4, -0.2) is 4.57 Å². The smallest absolute Gasteiger partial charge is 0.135 e. The molecule has 0 spiro atoms. The van der Waals surface area contributed by atoms with E-state index in [1.54, 1.807) is 0 Å². The van der Waals surface area contributed by atoms with Crippen molar-refractivity contribution in [3.63, 3.8) is 0 Å². The Labute approximate surface area is 291 Å². The quantitative estimate of drug-likeness (QED) is 0.188. The van der Waals surface area contributed by atoms with Gasteiger partial charge in [-0.05, 0) is 89.6 Å². The summed E-state index contributed by atoms with van der Waals surface area (Å²) in [6.07, 6.45) is 0. The topological polar surface area (TPSA) is 21.3 Å². The molecule has 0 saturated carbocycles. The summed E-state index contributed by atoms with van der Waals surface area (Å²) >= 11 is 1.85. The predicted molar refractivity (Wildman–Crippen MR) is 213 cm³/mol. The first-order valence-corrected chi connectivity index (χ1v) is 17.7. The average molecular weight is 657 g/mol. The van der Waals surface area contributed by atoms with Gasteiger partial charge in [0.1, 0.15) is 11.2 Å². The predicted octanol–water partition coefficient (Wildman–Crippen LogP) is 13.7. The molecule has 11 rings (SSSR count). The minimum atomic E-state index is 0.890.